The molecule has 1 aromatic heterocycles. The van der Waals surface area contributed by atoms with Gasteiger partial charge in [0, 0.05) is 32.1 Å². The molecule has 0 saturated carbocycles. The van der Waals surface area contributed by atoms with E-state index in [1.165, 1.54) is 10.4 Å². The summed E-state index contributed by atoms with van der Waals surface area (Å²) in [6.07, 6.45) is 1.40. The van der Waals surface area contributed by atoms with Crippen LogP contribution in [0.15, 0.2) is 23.1 Å². The lowest BCUT2D eigenvalue weighted by Crippen LogP contribution is -2.46. The molecule has 1 saturated heterocycles. The molecule has 3 rings (SSSR count). The van der Waals surface area contributed by atoms with Crippen molar-refractivity contribution in [2.75, 3.05) is 19.6 Å². The summed E-state index contributed by atoms with van der Waals surface area (Å²) in [5.41, 5.74) is 0.905. The van der Waals surface area contributed by atoms with Gasteiger partial charge in [0.2, 0.25) is 21.8 Å². The molecular weight excluding hydrogens is 414 g/mol. The molecule has 0 unspecified atom stereocenters. The molecule has 2 heterocycles. The fourth-order valence-corrected chi connectivity index (χ4v) is 5.62. The minimum atomic E-state index is -3.78. The molecular formula is C18H25N5O4S2. The van der Waals surface area contributed by atoms with Crippen molar-refractivity contribution in [2.24, 2.45) is 5.92 Å². The van der Waals surface area contributed by atoms with Crippen LogP contribution < -0.4 is 10.6 Å². The molecule has 158 valence electrons. The number of carbonyl (C=O) groups excluding carboxylic acids is 2. The summed E-state index contributed by atoms with van der Waals surface area (Å²) in [7, 11) is -3.78. The average Bonchev–Trinajstić information content (AvgIpc) is 3.16. The van der Waals surface area contributed by atoms with Gasteiger partial charge in [0.05, 0.1) is 17.6 Å². The van der Waals surface area contributed by atoms with Gasteiger partial charge in [0.25, 0.3) is 0 Å². The summed E-state index contributed by atoms with van der Waals surface area (Å²) in [6.45, 7) is 4.44. The third kappa shape index (κ3) is 5.09. The molecule has 2 aromatic rings. The number of rotatable bonds is 7. The van der Waals surface area contributed by atoms with Crippen LogP contribution in [0.5, 0.6) is 0 Å². The molecule has 0 aliphatic carbocycles. The van der Waals surface area contributed by atoms with E-state index in [-0.39, 0.29) is 42.3 Å². The molecule has 11 heteroatoms. The topological polar surface area (TPSA) is 121 Å². The number of sulfonamides is 1. The zero-order valence-corrected chi connectivity index (χ0v) is 18.1. The molecule has 29 heavy (non-hydrogen) atoms. The Morgan fingerprint density at radius 1 is 1.31 bits per heavy atom. The van der Waals surface area contributed by atoms with E-state index in [0.29, 0.717) is 30.4 Å². The van der Waals surface area contributed by atoms with Crippen molar-refractivity contribution >= 4 is 44.6 Å². The van der Waals surface area contributed by atoms with Gasteiger partial charge < -0.3 is 10.6 Å². The third-order valence-electron chi connectivity index (χ3n) is 4.72. The van der Waals surface area contributed by atoms with Gasteiger partial charge in [-0.3, -0.25) is 9.59 Å². The number of carbonyl (C=O) groups is 2. The van der Waals surface area contributed by atoms with E-state index >= 15 is 0 Å². The van der Waals surface area contributed by atoms with Crippen molar-refractivity contribution in [3.63, 3.8) is 0 Å². The minimum Gasteiger partial charge on any atom is -0.355 e. The Morgan fingerprint density at radius 3 is 2.86 bits per heavy atom. The second-order valence-corrected chi connectivity index (χ2v) is 9.79. The summed E-state index contributed by atoms with van der Waals surface area (Å²) in [5, 5.41) is 5.52. The van der Waals surface area contributed by atoms with Crippen molar-refractivity contribution in [3.8, 4) is 0 Å². The van der Waals surface area contributed by atoms with E-state index in [4.69, 9.17) is 0 Å². The molecule has 1 aliphatic rings. The van der Waals surface area contributed by atoms with Gasteiger partial charge in [-0.05, 0) is 38.8 Å². The molecule has 2 amide bonds. The number of fused-ring (bicyclic) bond motifs is 1. The second kappa shape index (κ2) is 9.14. The van der Waals surface area contributed by atoms with Crippen LogP contribution >= 0.6 is 11.7 Å². The quantitative estimate of drug-likeness (QED) is 0.667. The van der Waals surface area contributed by atoms with Gasteiger partial charge in [0.15, 0.2) is 0 Å². The van der Waals surface area contributed by atoms with Gasteiger partial charge in [-0.1, -0.05) is 6.07 Å². The van der Waals surface area contributed by atoms with Gasteiger partial charge >= 0.3 is 0 Å². The van der Waals surface area contributed by atoms with Crippen molar-refractivity contribution in [1.82, 2.24) is 23.7 Å². The number of hydrogen-bond acceptors (Lipinski definition) is 7. The lowest BCUT2D eigenvalue weighted by Gasteiger charge is -2.31. The van der Waals surface area contributed by atoms with Crippen LogP contribution in [0.25, 0.3) is 11.0 Å². The van der Waals surface area contributed by atoms with E-state index in [0.717, 1.165) is 11.7 Å². The van der Waals surface area contributed by atoms with Gasteiger partial charge in [-0.15, -0.1) is 0 Å². The lowest BCUT2D eigenvalue weighted by atomic mass is 9.99. The Labute approximate surface area is 174 Å². The van der Waals surface area contributed by atoms with Crippen molar-refractivity contribution in [3.05, 3.63) is 18.2 Å². The smallest absolute Gasteiger partial charge is 0.245 e. The predicted octanol–water partition coefficient (Wildman–Crippen LogP) is 1.12. The number of benzene rings is 1. The monoisotopic (exact) mass is 439 g/mol. The molecule has 0 radical (unpaired) electrons. The summed E-state index contributed by atoms with van der Waals surface area (Å²) >= 11 is 0.970. The van der Waals surface area contributed by atoms with Crippen LogP contribution in [0.1, 0.15) is 33.1 Å². The first-order valence-corrected chi connectivity index (χ1v) is 11.7. The van der Waals surface area contributed by atoms with Crippen molar-refractivity contribution in [2.45, 2.75) is 44.0 Å². The Balaban J connectivity index is 1.63. The van der Waals surface area contributed by atoms with E-state index in [1.807, 2.05) is 13.8 Å². The summed E-state index contributed by atoms with van der Waals surface area (Å²) < 4.78 is 35.9. The van der Waals surface area contributed by atoms with Gasteiger partial charge in [0.1, 0.15) is 15.9 Å². The minimum absolute atomic E-state index is 0.0488. The summed E-state index contributed by atoms with van der Waals surface area (Å²) in [5.74, 6) is -0.798. The Morgan fingerprint density at radius 2 is 2.10 bits per heavy atom. The number of amides is 2. The third-order valence-corrected chi connectivity index (χ3v) is 7.16. The first-order chi connectivity index (χ1) is 13.8. The largest absolute Gasteiger partial charge is 0.355 e. The number of aromatic nitrogens is 2. The number of hydrogen-bond donors (Lipinski definition) is 2. The van der Waals surface area contributed by atoms with Crippen LogP contribution in [-0.2, 0) is 19.6 Å². The number of nitrogens with one attached hydrogen (secondary N) is 2. The highest BCUT2D eigenvalue weighted by Crippen LogP contribution is 2.28. The van der Waals surface area contributed by atoms with Crippen LogP contribution in [0.2, 0.25) is 0 Å². The zero-order valence-electron chi connectivity index (χ0n) is 16.4. The molecule has 1 fully saturated rings. The van der Waals surface area contributed by atoms with Crippen molar-refractivity contribution in [1.29, 1.82) is 0 Å². The maximum atomic E-state index is 13.2. The molecule has 1 aliphatic heterocycles. The van der Waals surface area contributed by atoms with Crippen LogP contribution in [0.4, 0.5) is 0 Å². The highest BCUT2D eigenvalue weighted by molar-refractivity contribution is 7.89. The highest BCUT2D eigenvalue weighted by atomic mass is 32.2. The molecule has 1 aromatic carbocycles. The predicted molar refractivity (Wildman–Crippen MR) is 110 cm³/mol. The van der Waals surface area contributed by atoms with Gasteiger partial charge in [-0.2, -0.15) is 13.1 Å². The van der Waals surface area contributed by atoms with Gasteiger partial charge in [-0.25, -0.2) is 8.42 Å². The molecule has 2 N–H and O–H groups in total. The van der Waals surface area contributed by atoms with Crippen LogP contribution in [-0.4, -0.2) is 59.0 Å². The maximum Gasteiger partial charge on any atom is 0.245 e. The first kappa shape index (κ1) is 21.6. The zero-order chi connectivity index (χ0) is 21.0. The number of nitrogens with zero attached hydrogens (tertiary/aromatic N) is 3. The van der Waals surface area contributed by atoms with Crippen molar-refractivity contribution < 1.29 is 18.0 Å². The summed E-state index contributed by atoms with van der Waals surface area (Å²) in [4.78, 5) is 24.3. The normalized spacial score (nSPS) is 18.1. The fraction of sp³-hybridized carbons (Fsp3) is 0.556. The lowest BCUT2D eigenvalue weighted by molar-refractivity contribution is -0.126. The van der Waals surface area contributed by atoms with E-state index in [9.17, 15) is 18.0 Å². The maximum absolute atomic E-state index is 13.2. The van der Waals surface area contributed by atoms with Crippen LogP contribution in [0, 0.1) is 5.92 Å². The Hall–Kier alpha value is -2.11. The SMILES string of the molecule is CC(C)NC(=O)CCNC(=O)[C@@H]1CCCN(S(=O)(=O)c2cccc3nsnc23)C1. The van der Waals surface area contributed by atoms with E-state index in [1.54, 1.807) is 12.1 Å². The summed E-state index contributed by atoms with van der Waals surface area (Å²) in [6, 6.07) is 4.94. The Bertz CT molecular complexity index is 989. The molecule has 0 bridgehead atoms. The Kier molecular flexibility index (Phi) is 6.81. The van der Waals surface area contributed by atoms with Crippen LogP contribution in [0.3, 0.4) is 0 Å². The first-order valence-electron chi connectivity index (χ1n) is 9.57. The standard InChI is InChI=1S/C18H25N5O4S2/c1-12(2)20-16(24)8-9-19-18(25)13-5-4-10-23(11-13)29(26,27)15-7-3-6-14-17(15)22-28-21-14/h3,6-7,12-13H,4-5,8-11H2,1-2H3,(H,19,25)(H,20,24)/t13-/m1/s1. The molecule has 1 atom stereocenters. The van der Waals surface area contributed by atoms with E-state index in [2.05, 4.69) is 19.4 Å². The average molecular weight is 440 g/mol. The second-order valence-electron chi connectivity index (χ2n) is 7.35. The van der Waals surface area contributed by atoms with E-state index < -0.39 is 15.9 Å². The highest BCUT2D eigenvalue weighted by Gasteiger charge is 2.34. The fourth-order valence-electron chi connectivity index (χ4n) is 3.34. The molecule has 0 spiro atoms. The molecule has 9 nitrogen and oxygen atoms in total. The number of piperidine rings is 1.